The molecule has 1 aromatic carbocycles. The molecule has 0 unspecified atom stereocenters. The van der Waals surface area contributed by atoms with Crippen molar-refractivity contribution in [3.8, 4) is 11.4 Å². The molecule has 1 amide bonds. The summed E-state index contributed by atoms with van der Waals surface area (Å²) in [5.41, 5.74) is 0.417. The number of carbonyl (C=O) groups is 2. The zero-order valence-electron chi connectivity index (χ0n) is 14.1. The number of methoxy groups -OCH3 is 1. The molecule has 0 spiro atoms. The van der Waals surface area contributed by atoms with Crippen LogP contribution in [-0.4, -0.2) is 39.4 Å². The number of rotatable bonds is 6. The Kier molecular flexibility index (Phi) is 4.74. The molecule has 7 nitrogen and oxygen atoms in total. The van der Waals surface area contributed by atoms with Crippen molar-refractivity contribution in [2.45, 2.75) is 37.6 Å². The molecule has 0 bridgehead atoms. The number of carboxylic acids is 1. The summed E-state index contributed by atoms with van der Waals surface area (Å²) in [5, 5.41) is 16.3. The Hall–Kier alpha value is -2.83. The van der Waals surface area contributed by atoms with Crippen molar-refractivity contribution < 1.29 is 19.4 Å². The molecule has 132 valence electrons. The monoisotopic (exact) mass is 343 g/mol. The minimum atomic E-state index is -0.897. The number of ether oxygens (including phenoxy) is 1. The van der Waals surface area contributed by atoms with Crippen LogP contribution in [0, 0.1) is 0 Å². The number of aromatic nitrogens is 2. The molecule has 3 rings (SSSR count). The van der Waals surface area contributed by atoms with Gasteiger partial charge in [-0.2, -0.15) is 5.10 Å². The first-order chi connectivity index (χ1) is 12.0. The fraction of sp³-hybridized carbons (Fsp3) is 0.389. The second kappa shape index (κ2) is 6.96. The van der Waals surface area contributed by atoms with E-state index in [1.54, 1.807) is 24.1 Å². The van der Waals surface area contributed by atoms with Gasteiger partial charge in [-0.15, -0.1) is 0 Å². The Balaban J connectivity index is 1.74. The van der Waals surface area contributed by atoms with Crippen molar-refractivity contribution in [3.63, 3.8) is 0 Å². The highest BCUT2D eigenvalue weighted by Gasteiger charge is 2.38. The summed E-state index contributed by atoms with van der Waals surface area (Å²) in [6.45, 7) is 0. The van der Waals surface area contributed by atoms with E-state index in [9.17, 15) is 9.59 Å². The maximum Gasteiger partial charge on any atom is 0.305 e. The molecular formula is C18H21N3O4. The average Bonchev–Trinajstić information content (AvgIpc) is 3.24. The number of hydrogen-bond donors (Lipinski definition) is 2. The number of nitrogens with zero attached hydrogens (tertiary/aromatic N) is 2. The maximum absolute atomic E-state index is 12.5. The van der Waals surface area contributed by atoms with Crippen molar-refractivity contribution in [1.29, 1.82) is 0 Å². The fourth-order valence-corrected chi connectivity index (χ4v) is 3.32. The first-order valence-electron chi connectivity index (χ1n) is 8.26. The molecule has 0 aliphatic heterocycles. The summed E-state index contributed by atoms with van der Waals surface area (Å²) in [4.78, 5) is 23.7. The minimum absolute atomic E-state index is 0.0576. The molecule has 1 saturated carbocycles. The van der Waals surface area contributed by atoms with Crippen molar-refractivity contribution in [3.05, 3.63) is 42.2 Å². The van der Waals surface area contributed by atoms with Crippen LogP contribution in [-0.2, 0) is 4.79 Å². The molecule has 7 heteroatoms. The van der Waals surface area contributed by atoms with E-state index in [-0.39, 0.29) is 18.0 Å². The van der Waals surface area contributed by atoms with Gasteiger partial charge in [0, 0.05) is 6.20 Å². The van der Waals surface area contributed by atoms with Gasteiger partial charge < -0.3 is 15.2 Å². The summed E-state index contributed by atoms with van der Waals surface area (Å²) in [6, 6.07) is 8.95. The van der Waals surface area contributed by atoms with E-state index < -0.39 is 11.5 Å². The summed E-state index contributed by atoms with van der Waals surface area (Å²) in [5.74, 6) is -0.493. The number of amides is 1. The number of carboxylic acid groups (broad SMARTS) is 1. The molecule has 1 heterocycles. The van der Waals surface area contributed by atoms with Gasteiger partial charge in [0.2, 0.25) is 0 Å². The molecular weight excluding hydrogens is 322 g/mol. The number of carbonyl (C=O) groups excluding carboxylic acids is 1. The van der Waals surface area contributed by atoms with Crippen molar-refractivity contribution >= 4 is 11.9 Å². The average molecular weight is 343 g/mol. The van der Waals surface area contributed by atoms with Crippen LogP contribution >= 0.6 is 0 Å². The van der Waals surface area contributed by atoms with Gasteiger partial charge in [0.05, 0.1) is 24.8 Å². The molecule has 2 N–H and O–H groups in total. The van der Waals surface area contributed by atoms with Gasteiger partial charge in [-0.05, 0) is 43.2 Å². The Bertz CT molecular complexity index is 761. The second-order valence-corrected chi connectivity index (χ2v) is 6.36. The Morgan fingerprint density at radius 1 is 1.24 bits per heavy atom. The third-order valence-electron chi connectivity index (χ3n) is 4.59. The SMILES string of the molecule is COc1ccc(-n2ccc(C(=O)NC3(CC(=O)O)CCCC3)n2)cc1. The van der Waals surface area contributed by atoms with Gasteiger partial charge in [0.1, 0.15) is 5.75 Å². The predicted octanol–water partition coefficient (Wildman–Crippen LogP) is 2.40. The largest absolute Gasteiger partial charge is 0.497 e. The Labute approximate surface area is 145 Å². The number of hydrogen-bond acceptors (Lipinski definition) is 4. The molecule has 25 heavy (non-hydrogen) atoms. The molecule has 0 saturated heterocycles. The van der Waals surface area contributed by atoms with Gasteiger partial charge in [0.25, 0.3) is 5.91 Å². The third-order valence-corrected chi connectivity index (χ3v) is 4.59. The smallest absolute Gasteiger partial charge is 0.305 e. The van der Waals surface area contributed by atoms with Gasteiger partial charge in [0.15, 0.2) is 5.69 Å². The number of nitrogens with one attached hydrogen (secondary N) is 1. The number of aliphatic carboxylic acids is 1. The molecule has 1 aromatic heterocycles. The Morgan fingerprint density at radius 3 is 2.52 bits per heavy atom. The van der Waals surface area contributed by atoms with Crippen LogP contribution in [0.2, 0.25) is 0 Å². The van der Waals surface area contributed by atoms with Crippen LogP contribution in [0.25, 0.3) is 5.69 Å². The lowest BCUT2D eigenvalue weighted by atomic mass is 9.93. The van der Waals surface area contributed by atoms with Crippen molar-refractivity contribution in [2.75, 3.05) is 7.11 Å². The highest BCUT2D eigenvalue weighted by atomic mass is 16.5. The third kappa shape index (κ3) is 3.81. The minimum Gasteiger partial charge on any atom is -0.497 e. The molecule has 2 aromatic rings. The first-order valence-corrected chi connectivity index (χ1v) is 8.26. The van der Waals surface area contributed by atoms with Crippen LogP contribution in [0.15, 0.2) is 36.5 Å². The normalized spacial score (nSPS) is 15.7. The lowest BCUT2D eigenvalue weighted by molar-refractivity contribution is -0.138. The molecule has 1 aliphatic carbocycles. The zero-order chi connectivity index (χ0) is 17.9. The van der Waals surface area contributed by atoms with E-state index in [0.29, 0.717) is 12.8 Å². The standard InChI is InChI=1S/C18H21N3O4/c1-25-14-6-4-13(5-7-14)21-11-8-15(20-21)17(24)19-18(12-16(22)23)9-2-3-10-18/h4-8,11H,2-3,9-10,12H2,1H3,(H,19,24)(H,22,23). The molecule has 1 aliphatic rings. The summed E-state index contributed by atoms with van der Waals surface area (Å²) >= 11 is 0. The summed E-state index contributed by atoms with van der Waals surface area (Å²) in [7, 11) is 1.60. The second-order valence-electron chi connectivity index (χ2n) is 6.36. The fourth-order valence-electron chi connectivity index (χ4n) is 3.32. The van der Waals surface area contributed by atoms with Crippen molar-refractivity contribution in [2.24, 2.45) is 0 Å². The van der Waals surface area contributed by atoms with Crippen LogP contribution in [0.3, 0.4) is 0 Å². The summed E-state index contributed by atoms with van der Waals surface area (Å²) < 4.78 is 6.73. The van der Waals surface area contributed by atoms with Gasteiger partial charge in [-0.3, -0.25) is 9.59 Å². The van der Waals surface area contributed by atoms with E-state index in [4.69, 9.17) is 9.84 Å². The highest BCUT2D eigenvalue weighted by Crippen LogP contribution is 2.32. The van der Waals surface area contributed by atoms with E-state index in [2.05, 4.69) is 10.4 Å². The van der Waals surface area contributed by atoms with Crippen LogP contribution in [0.1, 0.15) is 42.6 Å². The number of benzene rings is 1. The highest BCUT2D eigenvalue weighted by molar-refractivity contribution is 5.93. The van der Waals surface area contributed by atoms with E-state index in [1.165, 1.54) is 0 Å². The van der Waals surface area contributed by atoms with E-state index >= 15 is 0 Å². The quantitative estimate of drug-likeness (QED) is 0.840. The van der Waals surface area contributed by atoms with Gasteiger partial charge in [-0.1, -0.05) is 12.8 Å². The molecule has 0 radical (unpaired) electrons. The van der Waals surface area contributed by atoms with Gasteiger partial charge >= 0.3 is 5.97 Å². The van der Waals surface area contributed by atoms with Crippen molar-refractivity contribution in [1.82, 2.24) is 15.1 Å². The summed E-state index contributed by atoms with van der Waals surface area (Å²) in [6.07, 6.45) is 4.86. The predicted molar refractivity (Wildman–Crippen MR) is 91.0 cm³/mol. The van der Waals surface area contributed by atoms with Gasteiger partial charge in [-0.25, -0.2) is 4.68 Å². The topological polar surface area (TPSA) is 93.5 Å². The van der Waals surface area contributed by atoms with E-state index in [0.717, 1.165) is 24.3 Å². The Morgan fingerprint density at radius 2 is 1.92 bits per heavy atom. The van der Waals surface area contributed by atoms with Crippen LogP contribution in [0.4, 0.5) is 0 Å². The molecule has 1 fully saturated rings. The van der Waals surface area contributed by atoms with Crippen LogP contribution in [0.5, 0.6) is 5.75 Å². The maximum atomic E-state index is 12.5. The zero-order valence-corrected chi connectivity index (χ0v) is 14.1. The van der Waals surface area contributed by atoms with Crippen LogP contribution < -0.4 is 10.1 Å². The first kappa shape index (κ1) is 17.0. The lowest BCUT2D eigenvalue weighted by Gasteiger charge is -2.28. The molecule has 0 atom stereocenters. The lowest BCUT2D eigenvalue weighted by Crippen LogP contribution is -2.48. The van der Waals surface area contributed by atoms with E-state index in [1.807, 2.05) is 24.3 Å².